The molecule has 0 aromatic heterocycles. The SMILES string of the molecule is CC(C)C1CCC(CO)(NC2CC2)CC1. The summed E-state index contributed by atoms with van der Waals surface area (Å²) in [6.45, 7) is 4.98. The summed E-state index contributed by atoms with van der Waals surface area (Å²) in [5.74, 6) is 1.69. The molecule has 0 aromatic carbocycles. The van der Waals surface area contributed by atoms with Crippen LogP contribution in [-0.2, 0) is 0 Å². The Balaban J connectivity index is 1.87. The summed E-state index contributed by atoms with van der Waals surface area (Å²) in [6.07, 6.45) is 7.55. The van der Waals surface area contributed by atoms with Crippen LogP contribution in [0.25, 0.3) is 0 Å². The number of aliphatic hydroxyl groups is 1. The number of rotatable bonds is 4. The van der Waals surface area contributed by atoms with Crippen molar-refractivity contribution in [2.45, 2.75) is 64.0 Å². The normalized spacial score (nSPS) is 37.2. The number of hydrogen-bond donors (Lipinski definition) is 2. The number of nitrogens with one attached hydrogen (secondary N) is 1. The maximum Gasteiger partial charge on any atom is 0.0613 e. The van der Waals surface area contributed by atoms with Gasteiger partial charge in [0.25, 0.3) is 0 Å². The van der Waals surface area contributed by atoms with Crippen LogP contribution in [0.4, 0.5) is 0 Å². The standard InChI is InChI=1S/C13H25NO/c1-10(2)11-5-7-13(9-15,8-6-11)14-12-3-4-12/h10-12,14-15H,3-9H2,1-2H3. The Morgan fingerprint density at radius 1 is 1.20 bits per heavy atom. The monoisotopic (exact) mass is 211 g/mol. The molecule has 2 aliphatic carbocycles. The average molecular weight is 211 g/mol. The van der Waals surface area contributed by atoms with Crippen molar-refractivity contribution in [3.05, 3.63) is 0 Å². The molecule has 2 aliphatic rings. The van der Waals surface area contributed by atoms with Gasteiger partial charge in [-0.3, -0.25) is 0 Å². The van der Waals surface area contributed by atoms with Gasteiger partial charge in [-0.2, -0.15) is 0 Å². The maximum atomic E-state index is 9.58. The third-order valence-corrected chi connectivity index (χ3v) is 4.32. The fourth-order valence-corrected chi connectivity index (χ4v) is 2.87. The Morgan fingerprint density at radius 3 is 2.20 bits per heavy atom. The Hall–Kier alpha value is -0.0800. The second-order valence-electron chi connectivity index (χ2n) is 5.94. The van der Waals surface area contributed by atoms with Crippen molar-refractivity contribution in [3.8, 4) is 0 Å². The van der Waals surface area contributed by atoms with Gasteiger partial charge in [-0.15, -0.1) is 0 Å². The second-order valence-corrected chi connectivity index (χ2v) is 5.94. The fourth-order valence-electron chi connectivity index (χ4n) is 2.87. The van der Waals surface area contributed by atoms with Gasteiger partial charge < -0.3 is 10.4 Å². The summed E-state index contributed by atoms with van der Waals surface area (Å²) in [7, 11) is 0. The summed E-state index contributed by atoms with van der Waals surface area (Å²) in [6, 6.07) is 0.716. The minimum atomic E-state index is 0.0759. The Labute approximate surface area is 93.5 Å². The highest BCUT2D eigenvalue weighted by Gasteiger charge is 2.39. The van der Waals surface area contributed by atoms with Crippen molar-refractivity contribution >= 4 is 0 Å². The summed E-state index contributed by atoms with van der Waals surface area (Å²) in [4.78, 5) is 0. The number of aliphatic hydroxyl groups excluding tert-OH is 1. The van der Waals surface area contributed by atoms with E-state index < -0.39 is 0 Å². The van der Waals surface area contributed by atoms with Crippen LogP contribution >= 0.6 is 0 Å². The van der Waals surface area contributed by atoms with Crippen LogP contribution in [0.1, 0.15) is 52.4 Å². The molecule has 0 radical (unpaired) electrons. The Bertz CT molecular complexity index is 203. The zero-order valence-corrected chi connectivity index (χ0v) is 10.1. The highest BCUT2D eigenvalue weighted by atomic mass is 16.3. The molecule has 0 heterocycles. The molecule has 0 saturated heterocycles. The van der Waals surface area contributed by atoms with Gasteiger partial charge in [0, 0.05) is 11.6 Å². The first-order valence-corrected chi connectivity index (χ1v) is 6.54. The van der Waals surface area contributed by atoms with E-state index in [0.717, 1.165) is 11.8 Å². The first-order valence-electron chi connectivity index (χ1n) is 6.54. The molecule has 2 saturated carbocycles. The van der Waals surface area contributed by atoms with Gasteiger partial charge in [0.15, 0.2) is 0 Å². The molecule has 0 aliphatic heterocycles. The molecule has 2 heteroatoms. The van der Waals surface area contributed by atoms with E-state index in [-0.39, 0.29) is 5.54 Å². The van der Waals surface area contributed by atoms with E-state index in [1.165, 1.54) is 38.5 Å². The van der Waals surface area contributed by atoms with E-state index in [1.807, 2.05) is 0 Å². The molecule has 0 spiro atoms. The lowest BCUT2D eigenvalue weighted by molar-refractivity contribution is 0.0896. The second kappa shape index (κ2) is 4.42. The Kier molecular flexibility index (Phi) is 3.36. The first-order chi connectivity index (χ1) is 7.15. The van der Waals surface area contributed by atoms with Crippen LogP contribution in [0.2, 0.25) is 0 Å². The van der Waals surface area contributed by atoms with Crippen molar-refractivity contribution in [3.63, 3.8) is 0 Å². The molecule has 2 rings (SSSR count). The molecule has 2 N–H and O–H groups in total. The van der Waals surface area contributed by atoms with Gasteiger partial charge in [-0.05, 0) is 50.4 Å². The highest BCUT2D eigenvalue weighted by Crippen LogP contribution is 2.37. The molecular formula is C13H25NO. The third-order valence-electron chi connectivity index (χ3n) is 4.32. The summed E-state index contributed by atoms with van der Waals surface area (Å²) < 4.78 is 0. The van der Waals surface area contributed by atoms with Gasteiger partial charge in [0.2, 0.25) is 0 Å². The highest BCUT2D eigenvalue weighted by molar-refractivity contribution is 4.98. The van der Waals surface area contributed by atoms with E-state index in [1.54, 1.807) is 0 Å². The summed E-state index contributed by atoms with van der Waals surface area (Å²) >= 11 is 0. The van der Waals surface area contributed by atoms with Crippen molar-refractivity contribution in [1.29, 1.82) is 0 Å². The smallest absolute Gasteiger partial charge is 0.0613 e. The zero-order valence-electron chi connectivity index (χ0n) is 10.1. The first kappa shape index (κ1) is 11.4. The van der Waals surface area contributed by atoms with Crippen LogP contribution in [-0.4, -0.2) is 23.3 Å². The molecule has 0 atom stereocenters. The van der Waals surface area contributed by atoms with Gasteiger partial charge >= 0.3 is 0 Å². The van der Waals surface area contributed by atoms with Gasteiger partial charge in [-0.1, -0.05) is 13.8 Å². The van der Waals surface area contributed by atoms with Crippen molar-refractivity contribution in [1.82, 2.24) is 5.32 Å². The van der Waals surface area contributed by atoms with Crippen molar-refractivity contribution in [2.75, 3.05) is 6.61 Å². The summed E-state index contributed by atoms with van der Waals surface area (Å²) in [5, 5.41) is 13.2. The third kappa shape index (κ3) is 2.73. The van der Waals surface area contributed by atoms with Crippen LogP contribution in [0.15, 0.2) is 0 Å². The van der Waals surface area contributed by atoms with E-state index >= 15 is 0 Å². The topological polar surface area (TPSA) is 32.3 Å². The quantitative estimate of drug-likeness (QED) is 0.748. The van der Waals surface area contributed by atoms with E-state index in [9.17, 15) is 5.11 Å². The molecule has 88 valence electrons. The van der Waals surface area contributed by atoms with Gasteiger partial charge in [-0.25, -0.2) is 0 Å². The van der Waals surface area contributed by atoms with Crippen molar-refractivity contribution in [2.24, 2.45) is 11.8 Å². The van der Waals surface area contributed by atoms with E-state index in [4.69, 9.17) is 0 Å². The maximum absolute atomic E-state index is 9.58. The van der Waals surface area contributed by atoms with Crippen molar-refractivity contribution < 1.29 is 5.11 Å². The molecule has 0 unspecified atom stereocenters. The predicted molar refractivity (Wildman–Crippen MR) is 62.8 cm³/mol. The van der Waals surface area contributed by atoms with Gasteiger partial charge in [0.05, 0.1) is 6.61 Å². The van der Waals surface area contributed by atoms with Crippen LogP contribution < -0.4 is 5.32 Å². The largest absolute Gasteiger partial charge is 0.394 e. The van der Waals surface area contributed by atoms with Gasteiger partial charge in [0.1, 0.15) is 0 Å². The minimum absolute atomic E-state index is 0.0759. The van der Waals surface area contributed by atoms with Crippen LogP contribution in [0, 0.1) is 11.8 Å². The molecule has 2 fully saturated rings. The fraction of sp³-hybridized carbons (Fsp3) is 1.00. The molecule has 0 aromatic rings. The lowest BCUT2D eigenvalue weighted by atomic mass is 9.73. The number of hydrogen-bond acceptors (Lipinski definition) is 2. The zero-order chi connectivity index (χ0) is 10.9. The molecule has 0 amide bonds. The lowest BCUT2D eigenvalue weighted by Gasteiger charge is -2.41. The average Bonchev–Trinajstić information content (AvgIpc) is 3.02. The van der Waals surface area contributed by atoms with Crippen LogP contribution in [0.5, 0.6) is 0 Å². The lowest BCUT2D eigenvalue weighted by Crippen LogP contribution is -2.52. The Morgan fingerprint density at radius 2 is 1.80 bits per heavy atom. The molecule has 2 nitrogen and oxygen atoms in total. The van der Waals surface area contributed by atoms with E-state index in [2.05, 4.69) is 19.2 Å². The minimum Gasteiger partial charge on any atom is -0.394 e. The predicted octanol–water partition coefficient (Wildman–Crippen LogP) is 2.32. The summed E-state index contributed by atoms with van der Waals surface area (Å²) in [5.41, 5.74) is 0.0759. The molecular weight excluding hydrogens is 186 g/mol. The van der Waals surface area contributed by atoms with E-state index in [0.29, 0.717) is 12.6 Å². The molecule has 15 heavy (non-hydrogen) atoms. The van der Waals surface area contributed by atoms with Crippen LogP contribution in [0.3, 0.4) is 0 Å². The molecule has 0 bridgehead atoms.